The van der Waals surface area contributed by atoms with Crippen molar-refractivity contribution in [2.24, 2.45) is 0 Å². The Labute approximate surface area is 160 Å². The van der Waals surface area contributed by atoms with Crippen LogP contribution in [-0.4, -0.2) is 33.4 Å². The van der Waals surface area contributed by atoms with Crippen molar-refractivity contribution in [1.82, 2.24) is 20.8 Å². The molecule has 0 fully saturated rings. The lowest BCUT2D eigenvalue weighted by molar-refractivity contribution is -0.119. The fourth-order valence-electron chi connectivity index (χ4n) is 1.92. The monoisotopic (exact) mass is 396 g/mol. The van der Waals surface area contributed by atoms with Crippen LogP contribution in [0.4, 0.5) is 9.18 Å². The maximum Gasteiger partial charge on any atom is 0.321 e. The second kappa shape index (κ2) is 9.36. The summed E-state index contributed by atoms with van der Waals surface area (Å²) in [6.07, 6.45) is -0.557. The molecule has 0 saturated heterocycles. The number of nitrogens with one attached hydrogen (secondary N) is 2. The topological polar surface area (TPSA) is 106 Å². The van der Waals surface area contributed by atoms with Crippen molar-refractivity contribution in [2.45, 2.75) is 50.3 Å². The Morgan fingerprint density at radius 3 is 2.44 bits per heavy atom. The molecule has 2 rings (SSSR count). The first-order valence-corrected chi connectivity index (χ1v) is 9.16. The molecule has 27 heavy (non-hydrogen) atoms. The van der Waals surface area contributed by atoms with E-state index >= 15 is 0 Å². The molecule has 146 valence electrons. The maximum atomic E-state index is 12.9. The molecule has 0 unspecified atom stereocenters. The molecule has 2 aromatic rings. The summed E-state index contributed by atoms with van der Waals surface area (Å²) in [5.74, 6) is -0.165. The summed E-state index contributed by atoms with van der Waals surface area (Å²) in [4.78, 5) is 23.6. The van der Waals surface area contributed by atoms with Crippen LogP contribution >= 0.6 is 11.8 Å². The number of rotatable bonds is 7. The molecular formula is C17H21FN4O4S. The van der Waals surface area contributed by atoms with Crippen molar-refractivity contribution in [3.8, 4) is 5.75 Å². The summed E-state index contributed by atoms with van der Waals surface area (Å²) in [6, 6.07) is 4.91. The van der Waals surface area contributed by atoms with Gasteiger partial charge in [-0.05, 0) is 52.0 Å². The van der Waals surface area contributed by atoms with Crippen LogP contribution in [0.5, 0.6) is 5.75 Å². The lowest BCUT2D eigenvalue weighted by Gasteiger charge is -2.12. The average Bonchev–Trinajstić information content (AvgIpc) is 3.04. The van der Waals surface area contributed by atoms with Crippen LogP contribution in [-0.2, 0) is 4.79 Å². The molecule has 2 atom stereocenters. The minimum atomic E-state index is -0.621. The molecule has 1 aromatic heterocycles. The fraction of sp³-hybridized carbons (Fsp3) is 0.412. The molecule has 10 heteroatoms. The van der Waals surface area contributed by atoms with E-state index in [4.69, 9.17) is 9.15 Å². The second-order valence-electron chi connectivity index (χ2n) is 6.00. The third-order valence-electron chi connectivity index (χ3n) is 3.20. The Morgan fingerprint density at radius 1 is 1.15 bits per heavy atom. The molecule has 0 spiro atoms. The van der Waals surface area contributed by atoms with Crippen molar-refractivity contribution in [3.63, 3.8) is 0 Å². The standard InChI is InChI=1S/C17H21FN4O4S/c1-9(2)19-16(24)20-14(23)11(4)27-17-22-21-15(26-17)10(3)25-13-7-5-12(18)6-8-13/h5-11H,1-4H3,(H2,19,20,23,24)/t10-,11+/m1/s1. The third kappa shape index (κ3) is 6.55. The van der Waals surface area contributed by atoms with Crippen LogP contribution in [0.1, 0.15) is 39.7 Å². The third-order valence-corrected chi connectivity index (χ3v) is 4.13. The number of hydrogen-bond acceptors (Lipinski definition) is 7. The largest absolute Gasteiger partial charge is 0.481 e. The Morgan fingerprint density at radius 2 is 1.81 bits per heavy atom. The molecule has 2 N–H and O–H groups in total. The Bertz CT molecular complexity index is 781. The minimum Gasteiger partial charge on any atom is -0.481 e. The predicted octanol–water partition coefficient (Wildman–Crippen LogP) is 3.06. The Kier molecular flexibility index (Phi) is 7.17. The Balaban J connectivity index is 1.89. The molecule has 1 heterocycles. The molecule has 0 aliphatic carbocycles. The van der Waals surface area contributed by atoms with Gasteiger partial charge in [-0.3, -0.25) is 10.1 Å². The number of benzene rings is 1. The molecule has 0 saturated carbocycles. The summed E-state index contributed by atoms with van der Waals surface area (Å²) < 4.78 is 24.0. The van der Waals surface area contributed by atoms with E-state index in [-0.39, 0.29) is 23.0 Å². The molecular weight excluding hydrogens is 375 g/mol. The van der Waals surface area contributed by atoms with Crippen molar-refractivity contribution in [2.75, 3.05) is 0 Å². The van der Waals surface area contributed by atoms with Crippen molar-refractivity contribution < 1.29 is 23.1 Å². The Hall–Kier alpha value is -2.62. The minimum absolute atomic E-state index is 0.0816. The van der Waals surface area contributed by atoms with Gasteiger partial charge in [-0.1, -0.05) is 11.8 Å². The van der Waals surface area contributed by atoms with E-state index in [0.29, 0.717) is 5.75 Å². The van der Waals surface area contributed by atoms with Gasteiger partial charge in [-0.25, -0.2) is 9.18 Å². The van der Waals surface area contributed by atoms with Gasteiger partial charge in [0.05, 0.1) is 5.25 Å². The molecule has 0 radical (unpaired) electrons. The first kappa shape index (κ1) is 20.7. The van der Waals surface area contributed by atoms with Gasteiger partial charge in [0.2, 0.25) is 5.91 Å². The van der Waals surface area contributed by atoms with Crippen LogP contribution in [0, 0.1) is 5.82 Å². The first-order valence-electron chi connectivity index (χ1n) is 8.28. The maximum absolute atomic E-state index is 12.9. The number of thioether (sulfide) groups is 1. The zero-order valence-electron chi connectivity index (χ0n) is 15.4. The normalized spacial score (nSPS) is 13.1. The van der Waals surface area contributed by atoms with Gasteiger partial charge in [-0.15, -0.1) is 10.2 Å². The molecule has 3 amide bonds. The van der Waals surface area contributed by atoms with Gasteiger partial charge in [-0.2, -0.15) is 0 Å². The number of carbonyl (C=O) groups excluding carboxylic acids is 2. The summed E-state index contributed by atoms with van der Waals surface area (Å²) in [5.41, 5.74) is 0. The highest BCUT2D eigenvalue weighted by atomic mass is 32.2. The van der Waals surface area contributed by atoms with Gasteiger partial charge in [0.1, 0.15) is 11.6 Å². The number of nitrogens with zero attached hydrogens (tertiary/aromatic N) is 2. The number of imide groups is 1. The zero-order chi connectivity index (χ0) is 20.0. The van der Waals surface area contributed by atoms with Gasteiger partial charge < -0.3 is 14.5 Å². The number of carbonyl (C=O) groups is 2. The van der Waals surface area contributed by atoms with Crippen LogP contribution < -0.4 is 15.4 Å². The first-order chi connectivity index (χ1) is 12.7. The average molecular weight is 396 g/mol. The highest BCUT2D eigenvalue weighted by Gasteiger charge is 2.22. The van der Waals surface area contributed by atoms with E-state index in [2.05, 4.69) is 20.8 Å². The lowest BCUT2D eigenvalue weighted by atomic mass is 10.3. The molecule has 8 nitrogen and oxygen atoms in total. The van der Waals surface area contributed by atoms with Crippen LogP contribution in [0.15, 0.2) is 33.9 Å². The number of ether oxygens (including phenoxy) is 1. The highest BCUT2D eigenvalue weighted by Crippen LogP contribution is 2.26. The number of urea groups is 1. The number of amides is 3. The smallest absolute Gasteiger partial charge is 0.321 e. The molecule has 0 aliphatic rings. The molecule has 1 aromatic carbocycles. The van der Waals surface area contributed by atoms with Crippen molar-refractivity contribution in [1.29, 1.82) is 0 Å². The van der Waals surface area contributed by atoms with Gasteiger partial charge in [0.25, 0.3) is 11.1 Å². The van der Waals surface area contributed by atoms with E-state index in [1.807, 2.05) is 0 Å². The van der Waals surface area contributed by atoms with Crippen LogP contribution in [0.2, 0.25) is 0 Å². The fourth-order valence-corrected chi connectivity index (χ4v) is 2.61. The summed E-state index contributed by atoms with van der Waals surface area (Å²) in [6.45, 7) is 6.90. The summed E-state index contributed by atoms with van der Waals surface area (Å²) in [5, 5.41) is 12.1. The van der Waals surface area contributed by atoms with Crippen LogP contribution in [0.3, 0.4) is 0 Å². The SMILES string of the molecule is CC(C)NC(=O)NC(=O)[C@H](C)Sc1nnc([C@@H](C)Oc2ccc(F)cc2)o1. The number of hydrogen-bond donors (Lipinski definition) is 2. The molecule has 0 bridgehead atoms. The number of halogens is 1. The van der Waals surface area contributed by atoms with Crippen LogP contribution in [0.25, 0.3) is 0 Å². The summed E-state index contributed by atoms with van der Waals surface area (Å²) in [7, 11) is 0. The lowest BCUT2D eigenvalue weighted by Crippen LogP contribution is -2.45. The predicted molar refractivity (Wildman–Crippen MR) is 96.9 cm³/mol. The highest BCUT2D eigenvalue weighted by molar-refractivity contribution is 8.00. The quantitative estimate of drug-likeness (QED) is 0.693. The van der Waals surface area contributed by atoms with E-state index in [9.17, 15) is 14.0 Å². The zero-order valence-corrected chi connectivity index (χ0v) is 16.2. The van der Waals surface area contributed by atoms with E-state index in [0.717, 1.165) is 11.8 Å². The van der Waals surface area contributed by atoms with Gasteiger partial charge >= 0.3 is 6.03 Å². The van der Waals surface area contributed by atoms with Gasteiger partial charge in [0.15, 0.2) is 6.10 Å². The van der Waals surface area contributed by atoms with Gasteiger partial charge in [0, 0.05) is 6.04 Å². The van der Waals surface area contributed by atoms with E-state index < -0.39 is 23.3 Å². The van der Waals surface area contributed by atoms with E-state index in [1.54, 1.807) is 27.7 Å². The van der Waals surface area contributed by atoms with Crippen molar-refractivity contribution in [3.05, 3.63) is 36.0 Å². The van der Waals surface area contributed by atoms with Crippen molar-refractivity contribution >= 4 is 23.7 Å². The van der Waals surface area contributed by atoms with E-state index in [1.165, 1.54) is 24.3 Å². The second-order valence-corrected chi connectivity index (χ2v) is 7.29. The molecule has 0 aliphatic heterocycles. The number of aromatic nitrogens is 2. The summed E-state index contributed by atoms with van der Waals surface area (Å²) >= 11 is 1.02.